The van der Waals surface area contributed by atoms with Crippen LogP contribution in [0.5, 0.6) is 11.5 Å². The second-order valence-electron chi connectivity index (χ2n) is 4.93. The van der Waals surface area contributed by atoms with Gasteiger partial charge in [-0.15, -0.1) is 11.6 Å². The minimum atomic E-state index is -0.216. The third kappa shape index (κ3) is 2.90. The van der Waals surface area contributed by atoms with E-state index < -0.39 is 0 Å². The highest BCUT2D eigenvalue weighted by atomic mass is 79.9. The molecule has 0 amide bonds. The molecule has 0 bridgehead atoms. The maximum atomic E-state index is 6.74. The number of ether oxygens (including phenoxy) is 2. The van der Waals surface area contributed by atoms with Crippen molar-refractivity contribution < 1.29 is 9.47 Å². The molecular formula is C17H16BrClO2. The van der Waals surface area contributed by atoms with Crippen molar-refractivity contribution in [3.8, 4) is 11.5 Å². The first-order valence-corrected chi connectivity index (χ1v) is 8.24. The van der Waals surface area contributed by atoms with E-state index in [1.165, 1.54) is 5.56 Å². The van der Waals surface area contributed by atoms with Gasteiger partial charge in [0, 0.05) is 4.47 Å². The van der Waals surface area contributed by atoms with Crippen LogP contribution in [0, 0.1) is 0 Å². The zero-order valence-corrected chi connectivity index (χ0v) is 14.1. The summed E-state index contributed by atoms with van der Waals surface area (Å²) in [6.07, 6.45) is 0.960. The van der Waals surface area contributed by atoms with Crippen molar-refractivity contribution >= 4 is 27.5 Å². The molecule has 2 aromatic rings. The van der Waals surface area contributed by atoms with E-state index >= 15 is 0 Å². The van der Waals surface area contributed by atoms with Crippen LogP contribution >= 0.6 is 27.5 Å². The van der Waals surface area contributed by atoms with Gasteiger partial charge >= 0.3 is 0 Å². The summed E-state index contributed by atoms with van der Waals surface area (Å²) in [6.45, 7) is 3.30. The molecule has 0 spiro atoms. The molecular weight excluding hydrogens is 352 g/mol. The van der Waals surface area contributed by atoms with Crippen molar-refractivity contribution in [3.05, 3.63) is 57.6 Å². The van der Waals surface area contributed by atoms with Gasteiger partial charge in [0.25, 0.3) is 0 Å². The molecule has 110 valence electrons. The van der Waals surface area contributed by atoms with Gasteiger partial charge in [0.2, 0.25) is 0 Å². The lowest BCUT2D eigenvalue weighted by molar-refractivity contribution is 0.171. The zero-order valence-electron chi connectivity index (χ0n) is 11.7. The van der Waals surface area contributed by atoms with Crippen LogP contribution < -0.4 is 9.47 Å². The van der Waals surface area contributed by atoms with E-state index in [1.807, 2.05) is 24.3 Å². The second-order valence-corrected chi connectivity index (χ2v) is 6.22. The lowest BCUT2D eigenvalue weighted by atomic mass is 9.97. The van der Waals surface area contributed by atoms with Crippen LogP contribution in [-0.4, -0.2) is 13.2 Å². The van der Waals surface area contributed by atoms with Gasteiger partial charge in [-0.3, -0.25) is 0 Å². The van der Waals surface area contributed by atoms with Gasteiger partial charge < -0.3 is 9.47 Å². The van der Waals surface area contributed by atoms with Crippen LogP contribution in [0.25, 0.3) is 0 Å². The van der Waals surface area contributed by atoms with Crippen LogP contribution in [-0.2, 0) is 6.42 Å². The number of hydrogen-bond donors (Lipinski definition) is 0. The minimum Gasteiger partial charge on any atom is -0.486 e. The van der Waals surface area contributed by atoms with E-state index in [-0.39, 0.29) is 5.38 Å². The van der Waals surface area contributed by atoms with Crippen molar-refractivity contribution in [3.63, 3.8) is 0 Å². The maximum Gasteiger partial charge on any atom is 0.162 e. The van der Waals surface area contributed by atoms with Gasteiger partial charge in [-0.1, -0.05) is 47.1 Å². The van der Waals surface area contributed by atoms with E-state index in [4.69, 9.17) is 21.1 Å². The number of aryl methyl sites for hydroxylation is 1. The Kier molecular flexibility index (Phi) is 4.41. The fraction of sp³-hybridized carbons (Fsp3) is 0.294. The molecule has 1 unspecified atom stereocenters. The number of fused-ring (bicyclic) bond motifs is 1. The summed E-state index contributed by atoms with van der Waals surface area (Å²) in [5.74, 6) is 1.53. The Morgan fingerprint density at radius 2 is 1.76 bits per heavy atom. The molecule has 1 aliphatic heterocycles. The number of benzene rings is 2. The second kappa shape index (κ2) is 6.29. The number of halogens is 2. The molecule has 0 aliphatic carbocycles. The molecule has 1 atom stereocenters. The summed E-state index contributed by atoms with van der Waals surface area (Å²) in [4.78, 5) is 0. The van der Waals surface area contributed by atoms with Crippen molar-refractivity contribution in [1.29, 1.82) is 0 Å². The Hall–Kier alpha value is -1.19. The smallest absolute Gasteiger partial charge is 0.162 e. The average molecular weight is 368 g/mol. The van der Waals surface area contributed by atoms with Gasteiger partial charge in [-0.25, -0.2) is 0 Å². The Morgan fingerprint density at radius 1 is 1.10 bits per heavy atom. The molecule has 1 heterocycles. The zero-order chi connectivity index (χ0) is 14.8. The molecule has 0 radical (unpaired) electrons. The van der Waals surface area contributed by atoms with E-state index in [0.29, 0.717) is 13.2 Å². The highest BCUT2D eigenvalue weighted by molar-refractivity contribution is 9.10. The quantitative estimate of drug-likeness (QED) is 0.702. The van der Waals surface area contributed by atoms with Crippen LogP contribution in [0.4, 0.5) is 0 Å². The Bertz CT molecular complexity index is 657. The molecule has 4 heteroatoms. The molecule has 2 aromatic carbocycles. The first-order chi connectivity index (χ1) is 10.2. The van der Waals surface area contributed by atoms with Gasteiger partial charge in [-0.2, -0.15) is 0 Å². The third-order valence-corrected chi connectivity index (χ3v) is 4.80. The summed E-state index contributed by atoms with van der Waals surface area (Å²) >= 11 is 10.3. The monoisotopic (exact) mass is 366 g/mol. The van der Waals surface area contributed by atoms with Crippen LogP contribution in [0.3, 0.4) is 0 Å². The molecule has 3 rings (SSSR count). The molecule has 1 aliphatic rings. The van der Waals surface area contributed by atoms with Crippen LogP contribution in [0.1, 0.15) is 29.0 Å². The van der Waals surface area contributed by atoms with E-state index in [9.17, 15) is 0 Å². The molecule has 0 N–H and O–H groups in total. The molecule has 2 nitrogen and oxygen atoms in total. The largest absolute Gasteiger partial charge is 0.486 e. The van der Waals surface area contributed by atoms with Crippen molar-refractivity contribution in [2.45, 2.75) is 18.7 Å². The summed E-state index contributed by atoms with van der Waals surface area (Å²) in [5.41, 5.74) is 3.40. The fourth-order valence-corrected chi connectivity index (χ4v) is 3.62. The van der Waals surface area contributed by atoms with Crippen molar-refractivity contribution in [2.24, 2.45) is 0 Å². The highest BCUT2D eigenvalue weighted by Gasteiger charge is 2.21. The lowest BCUT2D eigenvalue weighted by Gasteiger charge is -2.22. The Morgan fingerprint density at radius 3 is 2.48 bits per heavy atom. The minimum absolute atomic E-state index is 0.216. The van der Waals surface area contributed by atoms with E-state index in [1.54, 1.807) is 0 Å². The molecule has 0 saturated carbocycles. The van der Waals surface area contributed by atoms with Crippen LogP contribution in [0.15, 0.2) is 40.9 Å². The molecule has 21 heavy (non-hydrogen) atoms. The Balaban J connectivity index is 2.03. The summed E-state index contributed by atoms with van der Waals surface area (Å²) in [7, 11) is 0. The van der Waals surface area contributed by atoms with E-state index in [2.05, 4.69) is 35.0 Å². The normalized spacial score (nSPS) is 14.8. The standard InChI is InChI=1S/C17H16BrClO2/c1-2-11-5-3-4-6-12(11)17(19)13-9-15-16(10-14(13)18)21-8-7-20-15/h3-6,9-10,17H,2,7-8H2,1H3. The number of rotatable bonds is 3. The SMILES string of the molecule is CCc1ccccc1C(Cl)c1cc2c(cc1Br)OCCO2. The topological polar surface area (TPSA) is 18.5 Å². The molecule has 0 aromatic heterocycles. The summed E-state index contributed by atoms with van der Waals surface area (Å²) in [6, 6.07) is 12.2. The number of alkyl halides is 1. The predicted octanol–water partition coefficient (Wildman–Crippen LogP) is 5.11. The van der Waals surface area contributed by atoms with Gasteiger partial charge in [0.05, 0.1) is 5.38 Å². The Labute approximate surface area is 138 Å². The molecule has 0 fully saturated rings. The first-order valence-electron chi connectivity index (χ1n) is 7.01. The van der Waals surface area contributed by atoms with Crippen molar-refractivity contribution in [2.75, 3.05) is 13.2 Å². The van der Waals surface area contributed by atoms with Gasteiger partial charge in [0.1, 0.15) is 13.2 Å². The summed E-state index contributed by atoms with van der Waals surface area (Å²) in [5, 5.41) is -0.216. The summed E-state index contributed by atoms with van der Waals surface area (Å²) < 4.78 is 12.2. The predicted molar refractivity (Wildman–Crippen MR) is 88.6 cm³/mol. The van der Waals surface area contributed by atoms with Crippen molar-refractivity contribution in [1.82, 2.24) is 0 Å². The van der Waals surface area contributed by atoms with Gasteiger partial charge in [0.15, 0.2) is 11.5 Å². The van der Waals surface area contributed by atoms with Gasteiger partial charge in [-0.05, 0) is 35.2 Å². The lowest BCUT2D eigenvalue weighted by Crippen LogP contribution is -2.15. The fourth-order valence-electron chi connectivity index (χ4n) is 2.54. The third-order valence-electron chi connectivity index (χ3n) is 3.64. The van der Waals surface area contributed by atoms with E-state index in [0.717, 1.165) is 33.5 Å². The first kappa shape index (κ1) is 14.7. The van der Waals surface area contributed by atoms with Crippen LogP contribution in [0.2, 0.25) is 0 Å². The molecule has 0 saturated heterocycles. The average Bonchev–Trinajstić information content (AvgIpc) is 2.53. The number of hydrogen-bond acceptors (Lipinski definition) is 2. The highest BCUT2D eigenvalue weighted by Crippen LogP contribution is 2.42. The maximum absolute atomic E-state index is 6.74.